The molecule has 0 aromatic heterocycles. The molecule has 1 fully saturated rings. The van der Waals surface area contributed by atoms with Gasteiger partial charge in [-0.05, 0) is 50.9 Å². The summed E-state index contributed by atoms with van der Waals surface area (Å²) in [6.07, 6.45) is 1.08. The minimum Gasteiger partial charge on any atom is -0.507 e. The van der Waals surface area contributed by atoms with E-state index in [-0.39, 0.29) is 17.7 Å². The number of aryl methyl sites for hydroxylation is 1. The van der Waals surface area contributed by atoms with Crippen LogP contribution in [-0.2, 0) is 0 Å². The molecule has 1 aliphatic heterocycles. The summed E-state index contributed by atoms with van der Waals surface area (Å²) in [4.78, 5) is 12.1. The van der Waals surface area contributed by atoms with E-state index in [4.69, 9.17) is 0 Å². The first-order valence-electron chi connectivity index (χ1n) is 6.39. The molecule has 98 valence electrons. The van der Waals surface area contributed by atoms with E-state index in [1.165, 1.54) is 0 Å². The van der Waals surface area contributed by atoms with E-state index in [2.05, 4.69) is 10.6 Å². The predicted octanol–water partition coefficient (Wildman–Crippen LogP) is 1.43. The number of amides is 1. The summed E-state index contributed by atoms with van der Waals surface area (Å²) < 4.78 is 0. The molecule has 2 atom stereocenters. The van der Waals surface area contributed by atoms with Gasteiger partial charge in [-0.3, -0.25) is 4.79 Å². The molecule has 1 aliphatic rings. The number of aromatic hydroxyl groups is 1. The van der Waals surface area contributed by atoms with Gasteiger partial charge < -0.3 is 15.7 Å². The van der Waals surface area contributed by atoms with Crippen molar-refractivity contribution in [2.45, 2.75) is 26.3 Å². The maximum Gasteiger partial charge on any atom is 0.255 e. The molecule has 2 rings (SSSR count). The SMILES string of the molecule is Cc1cccc(C(=O)NC(C)C2CCNC2)c1O. The summed E-state index contributed by atoms with van der Waals surface area (Å²) >= 11 is 0. The maximum absolute atomic E-state index is 12.1. The van der Waals surface area contributed by atoms with Gasteiger partial charge in [0.15, 0.2) is 0 Å². The Morgan fingerprint density at radius 1 is 1.56 bits per heavy atom. The Bertz CT molecular complexity index is 439. The Morgan fingerprint density at radius 3 is 3.00 bits per heavy atom. The van der Waals surface area contributed by atoms with Crippen LogP contribution in [-0.4, -0.2) is 30.1 Å². The zero-order valence-corrected chi connectivity index (χ0v) is 10.9. The molecule has 3 N–H and O–H groups in total. The zero-order chi connectivity index (χ0) is 13.1. The molecule has 0 aliphatic carbocycles. The molecule has 2 unspecified atom stereocenters. The van der Waals surface area contributed by atoms with E-state index in [0.29, 0.717) is 11.5 Å². The van der Waals surface area contributed by atoms with E-state index in [1.807, 2.05) is 6.92 Å². The van der Waals surface area contributed by atoms with Gasteiger partial charge in [0.1, 0.15) is 5.75 Å². The van der Waals surface area contributed by atoms with Gasteiger partial charge in [-0.1, -0.05) is 12.1 Å². The maximum atomic E-state index is 12.1. The van der Waals surface area contributed by atoms with E-state index in [1.54, 1.807) is 25.1 Å². The fourth-order valence-corrected chi connectivity index (χ4v) is 2.35. The summed E-state index contributed by atoms with van der Waals surface area (Å²) in [5, 5.41) is 16.1. The van der Waals surface area contributed by atoms with Crippen molar-refractivity contribution >= 4 is 5.91 Å². The number of nitrogens with one attached hydrogen (secondary N) is 2. The second-order valence-electron chi connectivity index (χ2n) is 4.99. The molecular weight excluding hydrogens is 228 g/mol. The molecule has 1 heterocycles. The molecule has 1 amide bonds. The van der Waals surface area contributed by atoms with Gasteiger partial charge in [-0.15, -0.1) is 0 Å². The third-order valence-corrected chi connectivity index (χ3v) is 3.65. The molecule has 18 heavy (non-hydrogen) atoms. The number of phenolic OH excluding ortho intramolecular Hbond substituents is 1. The number of hydrogen-bond donors (Lipinski definition) is 3. The number of carbonyl (C=O) groups excluding carboxylic acids is 1. The second-order valence-corrected chi connectivity index (χ2v) is 4.99. The van der Waals surface area contributed by atoms with Gasteiger partial charge in [0, 0.05) is 6.04 Å². The minimum atomic E-state index is -0.199. The average Bonchev–Trinajstić information content (AvgIpc) is 2.86. The van der Waals surface area contributed by atoms with Crippen LogP contribution in [0, 0.1) is 12.8 Å². The van der Waals surface area contributed by atoms with Crippen LogP contribution in [0.1, 0.15) is 29.3 Å². The van der Waals surface area contributed by atoms with Crippen molar-refractivity contribution in [3.05, 3.63) is 29.3 Å². The van der Waals surface area contributed by atoms with Gasteiger partial charge in [0.05, 0.1) is 5.56 Å². The number of carbonyl (C=O) groups is 1. The number of para-hydroxylation sites is 1. The number of phenols is 1. The van der Waals surface area contributed by atoms with Gasteiger partial charge in [-0.25, -0.2) is 0 Å². The third kappa shape index (κ3) is 2.64. The minimum absolute atomic E-state index is 0.0757. The highest BCUT2D eigenvalue weighted by molar-refractivity contribution is 5.97. The monoisotopic (exact) mass is 248 g/mol. The second kappa shape index (κ2) is 5.40. The fraction of sp³-hybridized carbons (Fsp3) is 0.500. The number of benzene rings is 1. The molecular formula is C14H20N2O2. The summed E-state index contributed by atoms with van der Waals surface area (Å²) in [7, 11) is 0. The van der Waals surface area contributed by atoms with Crippen molar-refractivity contribution in [2.75, 3.05) is 13.1 Å². The standard InChI is InChI=1S/C14H20N2O2/c1-9-4-3-5-12(13(9)17)14(18)16-10(2)11-6-7-15-8-11/h3-5,10-11,15,17H,6-8H2,1-2H3,(H,16,18). The average molecular weight is 248 g/mol. The Balaban J connectivity index is 2.05. The number of rotatable bonds is 3. The van der Waals surface area contributed by atoms with Crippen molar-refractivity contribution in [3.8, 4) is 5.75 Å². The highest BCUT2D eigenvalue weighted by Gasteiger charge is 2.23. The smallest absolute Gasteiger partial charge is 0.255 e. The third-order valence-electron chi connectivity index (χ3n) is 3.65. The van der Waals surface area contributed by atoms with Crippen LogP contribution in [0.2, 0.25) is 0 Å². The molecule has 0 spiro atoms. The van der Waals surface area contributed by atoms with Crippen LogP contribution in [0.5, 0.6) is 5.75 Å². The summed E-state index contributed by atoms with van der Waals surface area (Å²) in [6.45, 7) is 5.76. The lowest BCUT2D eigenvalue weighted by Gasteiger charge is -2.20. The van der Waals surface area contributed by atoms with Gasteiger partial charge in [0.2, 0.25) is 0 Å². The first kappa shape index (κ1) is 12.9. The highest BCUT2D eigenvalue weighted by Crippen LogP contribution is 2.22. The van der Waals surface area contributed by atoms with E-state index in [9.17, 15) is 9.90 Å². The zero-order valence-electron chi connectivity index (χ0n) is 10.9. The van der Waals surface area contributed by atoms with Crippen LogP contribution >= 0.6 is 0 Å². The lowest BCUT2D eigenvalue weighted by Crippen LogP contribution is -2.38. The lowest BCUT2D eigenvalue weighted by atomic mass is 10.00. The van der Waals surface area contributed by atoms with Crippen molar-refractivity contribution in [1.82, 2.24) is 10.6 Å². The molecule has 4 nitrogen and oxygen atoms in total. The normalized spacial score (nSPS) is 20.7. The Labute approximate surface area is 107 Å². The van der Waals surface area contributed by atoms with Crippen LogP contribution in [0.15, 0.2) is 18.2 Å². The summed E-state index contributed by atoms with van der Waals surface area (Å²) in [6, 6.07) is 5.34. The van der Waals surface area contributed by atoms with Crippen molar-refractivity contribution < 1.29 is 9.90 Å². The largest absolute Gasteiger partial charge is 0.507 e. The summed E-state index contributed by atoms with van der Waals surface area (Å²) in [5.41, 5.74) is 1.07. The van der Waals surface area contributed by atoms with Gasteiger partial charge in [-0.2, -0.15) is 0 Å². The quantitative estimate of drug-likeness (QED) is 0.758. The first-order valence-corrected chi connectivity index (χ1v) is 6.39. The van der Waals surface area contributed by atoms with Crippen LogP contribution in [0.25, 0.3) is 0 Å². The summed E-state index contributed by atoms with van der Waals surface area (Å²) in [5.74, 6) is 0.350. The fourth-order valence-electron chi connectivity index (χ4n) is 2.35. The van der Waals surface area contributed by atoms with Crippen LogP contribution in [0.4, 0.5) is 0 Å². The van der Waals surface area contributed by atoms with E-state index in [0.717, 1.165) is 25.1 Å². The molecule has 0 bridgehead atoms. The Morgan fingerprint density at radius 2 is 2.33 bits per heavy atom. The van der Waals surface area contributed by atoms with Crippen molar-refractivity contribution in [1.29, 1.82) is 0 Å². The lowest BCUT2D eigenvalue weighted by molar-refractivity contribution is 0.0926. The van der Waals surface area contributed by atoms with Crippen molar-refractivity contribution in [2.24, 2.45) is 5.92 Å². The Kier molecular flexibility index (Phi) is 3.87. The van der Waals surface area contributed by atoms with Crippen LogP contribution in [0.3, 0.4) is 0 Å². The molecule has 1 aromatic rings. The van der Waals surface area contributed by atoms with Gasteiger partial charge >= 0.3 is 0 Å². The highest BCUT2D eigenvalue weighted by atomic mass is 16.3. The molecule has 4 heteroatoms. The van der Waals surface area contributed by atoms with E-state index < -0.39 is 0 Å². The topological polar surface area (TPSA) is 61.4 Å². The predicted molar refractivity (Wildman–Crippen MR) is 70.7 cm³/mol. The molecule has 0 radical (unpaired) electrons. The number of hydrogen-bond acceptors (Lipinski definition) is 3. The molecule has 1 aromatic carbocycles. The molecule has 1 saturated heterocycles. The first-order chi connectivity index (χ1) is 8.59. The van der Waals surface area contributed by atoms with Crippen molar-refractivity contribution in [3.63, 3.8) is 0 Å². The van der Waals surface area contributed by atoms with Crippen LogP contribution < -0.4 is 10.6 Å². The van der Waals surface area contributed by atoms with E-state index >= 15 is 0 Å². The Hall–Kier alpha value is -1.55. The van der Waals surface area contributed by atoms with Gasteiger partial charge in [0.25, 0.3) is 5.91 Å². The molecule has 0 saturated carbocycles.